The molecule has 3 heterocycles. The van der Waals surface area contributed by atoms with Gasteiger partial charge in [0.05, 0.1) is 22.9 Å². The Morgan fingerprint density at radius 3 is 2.84 bits per heavy atom. The Kier molecular flexibility index (Phi) is 4.43. The topological polar surface area (TPSA) is 45.6 Å². The Hall–Kier alpha value is -2.34. The number of benzene rings is 2. The first-order valence-electron chi connectivity index (χ1n) is 10.2. The number of nitrogens with zero attached hydrogens (tertiary/aromatic N) is 3. The Morgan fingerprint density at radius 1 is 1.10 bits per heavy atom. The zero-order valence-corrected chi connectivity index (χ0v) is 19.0. The fourth-order valence-electron chi connectivity index (χ4n) is 4.64. The zero-order valence-electron chi connectivity index (χ0n) is 16.7. The lowest BCUT2D eigenvalue weighted by molar-refractivity contribution is -0.116. The number of ketones is 1. The highest BCUT2D eigenvalue weighted by atomic mass is 35.5. The van der Waals surface area contributed by atoms with Crippen molar-refractivity contribution >= 4 is 62.5 Å². The molecule has 1 unspecified atom stereocenters. The molecule has 2 aromatic carbocycles. The fraction of sp³-hybridized carbons (Fsp3) is 0.208. The number of aromatic nitrogens is 1. The molecule has 4 nitrogen and oxygen atoms in total. The standard InChI is InChI=1S/C24H17Cl2N3OS/c1-12-5-7-16-13(9-12)10-15(23(26)27-16)22-21-17(3-2-4-19(21)30)28-24-29(22)18-8-6-14(25)11-20(18)31-24/h5-11,22H,2-4H2,1H3. The Morgan fingerprint density at radius 2 is 1.97 bits per heavy atom. The van der Waals surface area contributed by atoms with Crippen LogP contribution in [-0.2, 0) is 4.79 Å². The van der Waals surface area contributed by atoms with Crippen LogP contribution < -0.4 is 4.90 Å². The lowest BCUT2D eigenvalue weighted by atomic mass is 9.85. The van der Waals surface area contributed by atoms with Crippen LogP contribution in [0.5, 0.6) is 0 Å². The summed E-state index contributed by atoms with van der Waals surface area (Å²) in [5.74, 6) is 0.141. The van der Waals surface area contributed by atoms with Gasteiger partial charge in [0.25, 0.3) is 0 Å². The summed E-state index contributed by atoms with van der Waals surface area (Å²) >= 11 is 14.6. The largest absolute Gasteiger partial charge is 0.308 e. The van der Waals surface area contributed by atoms with Crippen LogP contribution in [0.25, 0.3) is 10.9 Å². The van der Waals surface area contributed by atoms with Gasteiger partial charge in [0.15, 0.2) is 11.0 Å². The van der Waals surface area contributed by atoms with Gasteiger partial charge in [0.2, 0.25) is 0 Å². The Bertz CT molecular complexity index is 1360. The van der Waals surface area contributed by atoms with Gasteiger partial charge in [-0.25, -0.2) is 9.98 Å². The molecule has 3 aliphatic rings. The van der Waals surface area contributed by atoms with Crippen molar-refractivity contribution in [3.63, 3.8) is 0 Å². The van der Waals surface area contributed by atoms with Gasteiger partial charge in [-0.1, -0.05) is 34.8 Å². The first-order valence-corrected chi connectivity index (χ1v) is 11.8. The number of fused-ring (bicyclic) bond motifs is 4. The molecule has 2 aliphatic heterocycles. The number of hydrogen-bond donors (Lipinski definition) is 0. The smallest absolute Gasteiger partial charge is 0.174 e. The second-order valence-electron chi connectivity index (χ2n) is 8.08. The molecule has 0 radical (unpaired) electrons. The molecule has 7 heteroatoms. The molecular weight excluding hydrogens is 449 g/mol. The number of Topliss-reactive ketones (excluding diaryl/α,β-unsaturated/α-hetero) is 1. The molecule has 0 spiro atoms. The number of carbonyl (C=O) groups is 1. The number of anilines is 1. The van der Waals surface area contributed by atoms with Crippen molar-refractivity contribution in [3.05, 3.63) is 75.0 Å². The van der Waals surface area contributed by atoms with Gasteiger partial charge in [-0.15, -0.1) is 0 Å². The zero-order chi connectivity index (χ0) is 21.3. The van der Waals surface area contributed by atoms with Crippen LogP contribution in [0.2, 0.25) is 10.2 Å². The molecular formula is C24H17Cl2N3OS. The van der Waals surface area contributed by atoms with E-state index < -0.39 is 0 Å². The quantitative estimate of drug-likeness (QED) is 0.367. The number of allylic oxidation sites excluding steroid dienone is 1. The number of pyridine rings is 1. The number of carbonyl (C=O) groups excluding carboxylic acids is 1. The van der Waals surface area contributed by atoms with Crippen LogP contribution >= 0.6 is 35.0 Å². The highest BCUT2D eigenvalue weighted by molar-refractivity contribution is 8.14. The second-order valence-corrected chi connectivity index (χ2v) is 9.89. The number of thioether (sulfide) groups is 1. The molecule has 3 aromatic rings. The van der Waals surface area contributed by atoms with Crippen molar-refractivity contribution in [3.8, 4) is 0 Å². The monoisotopic (exact) mass is 465 g/mol. The predicted octanol–water partition coefficient (Wildman–Crippen LogP) is 6.88. The van der Waals surface area contributed by atoms with E-state index in [9.17, 15) is 4.79 Å². The van der Waals surface area contributed by atoms with Crippen molar-refractivity contribution in [1.29, 1.82) is 0 Å². The van der Waals surface area contributed by atoms with Crippen LogP contribution in [0, 0.1) is 6.92 Å². The highest BCUT2D eigenvalue weighted by Crippen LogP contribution is 2.52. The molecule has 1 aliphatic carbocycles. The summed E-state index contributed by atoms with van der Waals surface area (Å²) in [4.78, 5) is 25.9. The van der Waals surface area contributed by atoms with E-state index in [0.717, 1.165) is 61.9 Å². The summed E-state index contributed by atoms with van der Waals surface area (Å²) in [5, 5.41) is 2.96. The van der Waals surface area contributed by atoms with Crippen LogP contribution in [0.3, 0.4) is 0 Å². The number of hydrogen-bond acceptors (Lipinski definition) is 5. The van der Waals surface area contributed by atoms with Crippen LogP contribution in [0.4, 0.5) is 5.69 Å². The van der Waals surface area contributed by atoms with Gasteiger partial charge in [-0.3, -0.25) is 4.79 Å². The molecule has 1 aromatic heterocycles. The van der Waals surface area contributed by atoms with Crippen LogP contribution in [0.15, 0.2) is 63.6 Å². The van der Waals surface area contributed by atoms with E-state index in [1.165, 1.54) is 0 Å². The van der Waals surface area contributed by atoms with E-state index in [1.54, 1.807) is 11.8 Å². The Balaban J connectivity index is 1.62. The van der Waals surface area contributed by atoms with E-state index in [0.29, 0.717) is 16.6 Å². The van der Waals surface area contributed by atoms with E-state index in [2.05, 4.69) is 28.9 Å². The molecule has 0 saturated heterocycles. The van der Waals surface area contributed by atoms with Crippen molar-refractivity contribution in [2.45, 2.75) is 37.1 Å². The van der Waals surface area contributed by atoms with E-state index in [4.69, 9.17) is 28.2 Å². The molecule has 0 amide bonds. The van der Waals surface area contributed by atoms with E-state index >= 15 is 0 Å². The fourth-order valence-corrected chi connectivity index (χ4v) is 6.24. The van der Waals surface area contributed by atoms with E-state index in [1.807, 2.05) is 30.3 Å². The molecule has 0 saturated carbocycles. The second kappa shape index (κ2) is 7.09. The summed E-state index contributed by atoms with van der Waals surface area (Å²) < 4.78 is 0. The molecule has 31 heavy (non-hydrogen) atoms. The summed E-state index contributed by atoms with van der Waals surface area (Å²) in [5.41, 5.74) is 5.44. The van der Waals surface area contributed by atoms with Crippen LogP contribution in [0.1, 0.15) is 36.4 Å². The first-order chi connectivity index (χ1) is 15.0. The lowest BCUT2D eigenvalue weighted by Gasteiger charge is -2.37. The number of aryl methyl sites for hydroxylation is 1. The SMILES string of the molecule is Cc1ccc2nc(Cl)c(C3C4=C(CCCC4=O)N=C4Sc5cc(Cl)ccc5N43)cc2c1. The highest BCUT2D eigenvalue weighted by Gasteiger charge is 2.43. The average molecular weight is 466 g/mol. The molecule has 6 rings (SSSR count). The minimum absolute atomic E-state index is 0.141. The lowest BCUT2D eigenvalue weighted by Crippen LogP contribution is -2.38. The maximum atomic E-state index is 13.2. The third kappa shape index (κ3) is 3.02. The van der Waals surface area contributed by atoms with Gasteiger partial charge in [-0.05, 0) is 67.9 Å². The van der Waals surface area contributed by atoms with Crippen LogP contribution in [-0.4, -0.2) is 15.9 Å². The third-order valence-electron chi connectivity index (χ3n) is 6.03. The molecule has 1 atom stereocenters. The van der Waals surface area contributed by atoms with Gasteiger partial charge in [0.1, 0.15) is 5.15 Å². The number of amidine groups is 1. The number of halogens is 2. The van der Waals surface area contributed by atoms with Crippen molar-refractivity contribution < 1.29 is 4.79 Å². The summed E-state index contributed by atoms with van der Waals surface area (Å²) in [6.07, 6.45) is 2.16. The third-order valence-corrected chi connectivity index (χ3v) is 7.58. The number of rotatable bonds is 1. The maximum Gasteiger partial charge on any atom is 0.174 e. The summed E-state index contributed by atoms with van der Waals surface area (Å²) in [6.45, 7) is 2.06. The molecule has 154 valence electrons. The minimum Gasteiger partial charge on any atom is -0.308 e. The van der Waals surface area contributed by atoms with Gasteiger partial charge in [-0.2, -0.15) is 0 Å². The summed E-state index contributed by atoms with van der Waals surface area (Å²) in [6, 6.07) is 13.6. The molecule has 0 fully saturated rings. The predicted molar refractivity (Wildman–Crippen MR) is 127 cm³/mol. The van der Waals surface area contributed by atoms with Gasteiger partial charge < -0.3 is 4.90 Å². The Labute approximate surface area is 194 Å². The minimum atomic E-state index is -0.352. The summed E-state index contributed by atoms with van der Waals surface area (Å²) in [7, 11) is 0. The molecule has 0 bridgehead atoms. The van der Waals surface area contributed by atoms with Gasteiger partial charge in [0, 0.05) is 32.9 Å². The number of aliphatic imine (C=N–C) groups is 1. The first kappa shape index (κ1) is 19.4. The average Bonchev–Trinajstić information content (AvgIpc) is 3.09. The maximum absolute atomic E-state index is 13.2. The van der Waals surface area contributed by atoms with Gasteiger partial charge >= 0.3 is 0 Å². The van der Waals surface area contributed by atoms with Crippen molar-refractivity contribution in [2.75, 3.05) is 4.90 Å². The van der Waals surface area contributed by atoms with Crippen molar-refractivity contribution in [2.24, 2.45) is 4.99 Å². The van der Waals surface area contributed by atoms with E-state index in [-0.39, 0.29) is 11.8 Å². The van der Waals surface area contributed by atoms with Crippen molar-refractivity contribution in [1.82, 2.24) is 4.98 Å². The molecule has 0 N–H and O–H groups in total. The normalized spacial score (nSPS) is 20.0.